The fourth-order valence-electron chi connectivity index (χ4n) is 2.45. The number of benzene rings is 2. The monoisotopic (exact) mass is 355 g/mol. The highest BCUT2D eigenvalue weighted by Gasteiger charge is 2.27. The second-order valence-corrected chi connectivity index (χ2v) is 5.92. The number of ketones is 1. The Morgan fingerprint density at radius 1 is 1.08 bits per heavy atom. The smallest absolute Gasteiger partial charge is 0.326 e. The Morgan fingerprint density at radius 2 is 1.77 bits per heavy atom. The lowest BCUT2D eigenvalue weighted by Gasteiger charge is -2.25. The quantitative estimate of drug-likeness (QED) is 0.735. The van der Waals surface area contributed by atoms with Gasteiger partial charge in [0.05, 0.1) is 0 Å². The molecule has 1 atom stereocenters. The van der Waals surface area contributed by atoms with E-state index in [-0.39, 0.29) is 18.8 Å². The summed E-state index contributed by atoms with van der Waals surface area (Å²) in [5, 5.41) is 9.46. The number of rotatable bonds is 8. The summed E-state index contributed by atoms with van der Waals surface area (Å²) in [6.45, 7) is 1.13. The number of likely N-dealkylation sites (N-methyl/N-ethyl adjacent to an activating group) is 1. The molecule has 0 aromatic heterocycles. The maximum absolute atomic E-state index is 12.3. The molecule has 0 radical (unpaired) electrons. The van der Waals surface area contributed by atoms with Gasteiger partial charge >= 0.3 is 5.97 Å². The first-order valence-corrected chi connectivity index (χ1v) is 8.14. The number of hydrogen-bond acceptors (Lipinski definition) is 4. The second-order valence-electron chi connectivity index (χ2n) is 5.92. The van der Waals surface area contributed by atoms with Gasteiger partial charge in [-0.1, -0.05) is 42.5 Å². The summed E-state index contributed by atoms with van der Waals surface area (Å²) in [6.07, 6.45) is 0.207. The molecule has 1 N–H and O–H groups in total. The van der Waals surface area contributed by atoms with Crippen molar-refractivity contribution in [3.05, 3.63) is 65.7 Å². The van der Waals surface area contributed by atoms with Crippen molar-refractivity contribution in [2.75, 3.05) is 13.7 Å². The number of amides is 1. The van der Waals surface area contributed by atoms with E-state index in [2.05, 4.69) is 0 Å². The molecule has 0 saturated carbocycles. The van der Waals surface area contributed by atoms with Crippen molar-refractivity contribution in [2.24, 2.45) is 0 Å². The van der Waals surface area contributed by atoms with Gasteiger partial charge in [0.2, 0.25) is 0 Å². The van der Waals surface area contributed by atoms with Crippen LogP contribution in [0.25, 0.3) is 0 Å². The highest BCUT2D eigenvalue weighted by molar-refractivity contribution is 5.94. The van der Waals surface area contributed by atoms with Crippen LogP contribution in [0.3, 0.4) is 0 Å². The molecular weight excluding hydrogens is 334 g/mol. The molecule has 6 nitrogen and oxygen atoms in total. The van der Waals surface area contributed by atoms with Crippen LogP contribution in [0.1, 0.15) is 22.8 Å². The Balaban J connectivity index is 2.01. The Kier molecular flexibility index (Phi) is 6.49. The summed E-state index contributed by atoms with van der Waals surface area (Å²) < 4.78 is 5.42. The van der Waals surface area contributed by atoms with Gasteiger partial charge in [-0.25, -0.2) is 4.79 Å². The molecule has 0 aliphatic rings. The van der Waals surface area contributed by atoms with Crippen molar-refractivity contribution in [2.45, 2.75) is 19.4 Å². The summed E-state index contributed by atoms with van der Waals surface area (Å²) in [5.41, 5.74) is 1.31. The van der Waals surface area contributed by atoms with E-state index in [0.29, 0.717) is 11.3 Å². The topological polar surface area (TPSA) is 83.9 Å². The number of carbonyl (C=O) groups is 3. The number of ether oxygens (including phenoxy) is 1. The van der Waals surface area contributed by atoms with Crippen LogP contribution in [0.5, 0.6) is 5.75 Å². The van der Waals surface area contributed by atoms with E-state index in [4.69, 9.17) is 4.74 Å². The van der Waals surface area contributed by atoms with E-state index in [1.165, 1.54) is 18.9 Å². The number of carbonyl (C=O) groups excluding carboxylic acids is 2. The second kappa shape index (κ2) is 8.80. The van der Waals surface area contributed by atoms with E-state index in [9.17, 15) is 19.5 Å². The number of carboxylic acid groups (broad SMARTS) is 1. The van der Waals surface area contributed by atoms with Crippen LogP contribution in [-0.2, 0) is 16.0 Å². The van der Waals surface area contributed by atoms with Gasteiger partial charge in [-0.05, 0) is 24.6 Å². The van der Waals surface area contributed by atoms with Gasteiger partial charge in [0.25, 0.3) is 5.91 Å². The minimum Gasteiger partial charge on any atom is -0.484 e. The standard InChI is InChI=1S/C20H21NO5/c1-14(22)16-9-6-10-17(12-16)26-13-19(23)21(2)18(20(24)25)11-15-7-4-3-5-8-15/h3-10,12,18H,11,13H2,1-2H3,(H,24,25). The Bertz CT molecular complexity index is 788. The Labute approximate surface area is 152 Å². The number of Topliss-reactive ketones (excluding diaryl/α,β-unsaturated/α-hetero) is 1. The number of carboxylic acids is 1. The molecule has 1 unspecified atom stereocenters. The van der Waals surface area contributed by atoms with Gasteiger partial charge in [-0.15, -0.1) is 0 Å². The maximum Gasteiger partial charge on any atom is 0.326 e. The third kappa shape index (κ3) is 5.17. The van der Waals surface area contributed by atoms with E-state index in [1.54, 1.807) is 24.3 Å². The van der Waals surface area contributed by atoms with Crippen LogP contribution in [0, 0.1) is 0 Å². The molecule has 0 bridgehead atoms. The first kappa shape index (κ1) is 19.2. The van der Waals surface area contributed by atoms with Crippen LogP contribution in [0.4, 0.5) is 0 Å². The summed E-state index contributed by atoms with van der Waals surface area (Å²) in [4.78, 5) is 36.5. The molecule has 2 rings (SSSR count). The molecule has 0 fully saturated rings. The first-order chi connectivity index (χ1) is 12.4. The third-order valence-electron chi connectivity index (χ3n) is 4.02. The van der Waals surface area contributed by atoms with Crippen LogP contribution >= 0.6 is 0 Å². The summed E-state index contributed by atoms with van der Waals surface area (Å²) >= 11 is 0. The van der Waals surface area contributed by atoms with Gasteiger partial charge < -0.3 is 14.7 Å². The van der Waals surface area contributed by atoms with E-state index >= 15 is 0 Å². The normalized spacial score (nSPS) is 11.5. The van der Waals surface area contributed by atoms with E-state index in [0.717, 1.165) is 5.56 Å². The van der Waals surface area contributed by atoms with Gasteiger partial charge in [-0.2, -0.15) is 0 Å². The van der Waals surface area contributed by atoms with Crippen molar-refractivity contribution < 1.29 is 24.2 Å². The van der Waals surface area contributed by atoms with Crippen molar-refractivity contribution in [1.29, 1.82) is 0 Å². The zero-order valence-corrected chi connectivity index (χ0v) is 14.7. The van der Waals surface area contributed by atoms with Crippen LogP contribution < -0.4 is 4.74 Å². The minimum absolute atomic E-state index is 0.104. The lowest BCUT2D eigenvalue weighted by atomic mass is 10.1. The molecule has 136 valence electrons. The highest BCUT2D eigenvalue weighted by Crippen LogP contribution is 2.14. The van der Waals surface area contributed by atoms with Crippen LogP contribution in [0.15, 0.2) is 54.6 Å². The van der Waals surface area contributed by atoms with Crippen molar-refractivity contribution in [3.8, 4) is 5.75 Å². The van der Waals surface area contributed by atoms with Gasteiger partial charge in [-0.3, -0.25) is 9.59 Å². The predicted molar refractivity (Wildman–Crippen MR) is 96.3 cm³/mol. The van der Waals surface area contributed by atoms with Crippen LogP contribution in [-0.4, -0.2) is 47.4 Å². The SMILES string of the molecule is CC(=O)c1cccc(OCC(=O)N(C)C(Cc2ccccc2)C(=O)O)c1. The molecule has 0 aliphatic heterocycles. The van der Waals surface area contributed by atoms with Crippen molar-refractivity contribution >= 4 is 17.7 Å². The highest BCUT2D eigenvalue weighted by atomic mass is 16.5. The molecule has 2 aromatic carbocycles. The minimum atomic E-state index is -1.08. The lowest BCUT2D eigenvalue weighted by Crippen LogP contribution is -2.45. The molecule has 26 heavy (non-hydrogen) atoms. The fourth-order valence-corrected chi connectivity index (χ4v) is 2.45. The fraction of sp³-hybridized carbons (Fsp3) is 0.250. The van der Waals surface area contributed by atoms with Gasteiger partial charge in [0.1, 0.15) is 11.8 Å². The maximum atomic E-state index is 12.3. The summed E-state index contributed by atoms with van der Waals surface area (Å²) in [6, 6.07) is 14.6. The molecule has 6 heteroatoms. The average molecular weight is 355 g/mol. The Hall–Kier alpha value is -3.15. The largest absolute Gasteiger partial charge is 0.484 e. The van der Waals surface area contributed by atoms with Gasteiger partial charge in [0, 0.05) is 19.0 Å². The lowest BCUT2D eigenvalue weighted by molar-refractivity contribution is -0.149. The van der Waals surface area contributed by atoms with Crippen molar-refractivity contribution in [3.63, 3.8) is 0 Å². The molecule has 2 aromatic rings. The molecular formula is C20H21NO5. The summed E-state index contributed by atoms with van der Waals surface area (Å²) in [7, 11) is 1.44. The predicted octanol–water partition coefficient (Wildman–Crippen LogP) is 2.42. The van der Waals surface area contributed by atoms with Crippen LogP contribution in [0.2, 0.25) is 0 Å². The molecule has 1 amide bonds. The number of hydrogen-bond donors (Lipinski definition) is 1. The van der Waals surface area contributed by atoms with E-state index in [1.807, 2.05) is 30.3 Å². The Morgan fingerprint density at radius 3 is 2.38 bits per heavy atom. The average Bonchev–Trinajstić information content (AvgIpc) is 2.64. The molecule has 0 spiro atoms. The number of nitrogens with zero attached hydrogens (tertiary/aromatic N) is 1. The zero-order chi connectivity index (χ0) is 19.1. The molecule has 0 heterocycles. The summed E-state index contributed by atoms with van der Waals surface area (Å²) in [5.74, 6) is -1.26. The first-order valence-electron chi connectivity index (χ1n) is 8.14. The van der Waals surface area contributed by atoms with E-state index < -0.39 is 17.9 Å². The number of aliphatic carboxylic acids is 1. The third-order valence-corrected chi connectivity index (χ3v) is 4.02. The van der Waals surface area contributed by atoms with Gasteiger partial charge in [0.15, 0.2) is 12.4 Å². The zero-order valence-electron chi connectivity index (χ0n) is 14.7. The molecule has 0 aliphatic carbocycles. The van der Waals surface area contributed by atoms with Crippen molar-refractivity contribution in [1.82, 2.24) is 4.90 Å². The molecule has 0 saturated heterocycles.